The molecule has 0 saturated carbocycles. The quantitative estimate of drug-likeness (QED) is 0.391. The number of carbonyl (C=O) groups excluding carboxylic acids is 2. The van der Waals surface area contributed by atoms with Gasteiger partial charge in [-0.3, -0.25) is 10.1 Å². The highest BCUT2D eigenvalue weighted by atomic mass is 32.1. The maximum Gasteiger partial charge on any atom is 0.323 e. The van der Waals surface area contributed by atoms with Crippen LogP contribution in [0, 0.1) is 11.6 Å². The van der Waals surface area contributed by atoms with Crippen LogP contribution in [-0.4, -0.2) is 70.0 Å². The Morgan fingerprint density at radius 1 is 1.08 bits per heavy atom. The van der Waals surface area contributed by atoms with Crippen molar-refractivity contribution in [3.8, 4) is 11.6 Å². The van der Waals surface area contributed by atoms with Crippen molar-refractivity contribution in [3.63, 3.8) is 0 Å². The minimum atomic E-state index is -0.713. The van der Waals surface area contributed by atoms with Crippen molar-refractivity contribution in [3.05, 3.63) is 72.1 Å². The molecule has 3 N–H and O–H groups in total. The number of carbonyl (C=O) groups is 2. The molecule has 0 radical (unpaired) electrons. The molecule has 1 fully saturated rings. The summed E-state index contributed by atoms with van der Waals surface area (Å²) in [4.78, 5) is 36.2. The van der Waals surface area contributed by atoms with E-state index >= 15 is 0 Å². The number of ether oxygens (including phenoxy) is 1. The number of hydrogen-bond acceptors (Lipinski definition) is 7. The normalized spacial score (nSPS) is 13.0. The second-order valence-electron chi connectivity index (χ2n) is 8.75. The Balaban J connectivity index is 1.29. The number of benzene rings is 2. The van der Waals surface area contributed by atoms with Crippen molar-refractivity contribution < 1.29 is 23.1 Å². The standard InChI is InChI=1S/C25H25F2N7O3S/c1-33(2)18-12-34(13-18)25(36)31-21-11-23(29-14-28-21)37-20-8-7-17(10-19(20)27)30-24(38)32-22(35)9-15-3-5-16(26)6-4-15/h3-8,10-11,14,18H,9,12-13H2,1-2H3,(H,28,29,31,36)(H2,30,32,35,38). The average Bonchev–Trinajstić information content (AvgIpc) is 2.81. The molecular formula is C25H25F2N7O3S. The highest BCUT2D eigenvalue weighted by Crippen LogP contribution is 2.26. The van der Waals surface area contributed by atoms with E-state index in [9.17, 15) is 18.4 Å². The average molecular weight is 542 g/mol. The topological polar surface area (TPSA) is 112 Å². The van der Waals surface area contributed by atoms with Gasteiger partial charge in [0.25, 0.3) is 0 Å². The van der Waals surface area contributed by atoms with Gasteiger partial charge in [-0.25, -0.2) is 23.5 Å². The van der Waals surface area contributed by atoms with Gasteiger partial charge in [0.2, 0.25) is 11.8 Å². The Labute approximate surface area is 223 Å². The van der Waals surface area contributed by atoms with Gasteiger partial charge in [0, 0.05) is 37.0 Å². The van der Waals surface area contributed by atoms with Crippen molar-refractivity contribution in [1.29, 1.82) is 0 Å². The Kier molecular flexibility index (Phi) is 8.38. The van der Waals surface area contributed by atoms with Crippen molar-refractivity contribution in [2.24, 2.45) is 0 Å². The molecule has 0 aliphatic carbocycles. The lowest BCUT2D eigenvalue weighted by molar-refractivity contribution is -0.119. The number of likely N-dealkylation sites (N-methyl/N-ethyl adjacent to an activating group) is 1. The lowest BCUT2D eigenvalue weighted by atomic mass is 10.1. The fourth-order valence-corrected chi connectivity index (χ4v) is 3.73. The minimum Gasteiger partial charge on any atom is -0.436 e. The van der Waals surface area contributed by atoms with Gasteiger partial charge in [-0.2, -0.15) is 0 Å². The van der Waals surface area contributed by atoms with E-state index in [1.165, 1.54) is 48.8 Å². The van der Waals surface area contributed by atoms with E-state index in [1.807, 2.05) is 14.1 Å². The van der Waals surface area contributed by atoms with Crippen LogP contribution in [0.25, 0.3) is 0 Å². The number of urea groups is 1. The van der Waals surface area contributed by atoms with Crippen molar-refractivity contribution in [2.45, 2.75) is 12.5 Å². The number of amides is 3. The molecule has 1 saturated heterocycles. The highest BCUT2D eigenvalue weighted by molar-refractivity contribution is 7.80. The largest absolute Gasteiger partial charge is 0.436 e. The van der Waals surface area contributed by atoms with E-state index in [2.05, 4.69) is 30.8 Å². The van der Waals surface area contributed by atoms with Gasteiger partial charge in [-0.15, -0.1) is 0 Å². The number of thiocarbonyl (C=S) groups is 1. The maximum atomic E-state index is 14.7. The molecule has 10 nitrogen and oxygen atoms in total. The Morgan fingerprint density at radius 3 is 2.50 bits per heavy atom. The van der Waals surface area contributed by atoms with Crippen molar-refractivity contribution in [2.75, 3.05) is 37.8 Å². The van der Waals surface area contributed by atoms with Crippen LogP contribution in [0.15, 0.2) is 54.9 Å². The number of likely N-dealkylation sites (tertiary alicyclic amines) is 1. The Hall–Kier alpha value is -4.23. The molecule has 1 aliphatic rings. The van der Waals surface area contributed by atoms with Crippen LogP contribution in [0.3, 0.4) is 0 Å². The number of nitrogens with zero attached hydrogens (tertiary/aromatic N) is 4. The number of rotatable bonds is 7. The van der Waals surface area contributed by atoms with Gasteiger partial charge in [0.05, 0.1) is 6.42 Å². The number of aromatic nitrogens is 2. The van der Waals surface area contributed by atoms with Gasteiger partial charge < -0.3 is 25.2 Å². The zero-order chi connectivity index (χ0) is 27.2. The molecule has 2 aromatic carbocycles. The summed E-state index contributed by atoms with van der Waals surface area (Å²) in [7, 11) is 3.92. The van der Waals surface area contributed by atoms with Crippen LogP contribution in [0.2, 0.25) is 0 Å². The third kappa shape index (κ3) is 7.17. The van der Waals surface area contributed by atoms with Crippen LogP contribution < -0.4 is 20.7 Å². The molecular weight excluding hydrogens is 516 g/mol. The molecule has 3 aromatic rings. The van der Waals surface area contributed by atoms with Gasteiger partial charge in [-0.05, 0) is 56.1 Å². The predicted octanol–water partition coefficient (Wildman–Crippen LogP) is 3.38. The first-order valence-corrected chi connectivity index (χ1v) is 11.9. The molecule has 38 heavy (non-hydrogen) atoms. The van der Waals surface area contributed by atoms with Crippen LogP contribution in [0.4, 0.5) is 25.1 Å². The highest BCUT2D eigenvalue weighted by Gasteiger charge is 2.32. The van der Waals surface area contributed by atoms with E-state index in [0.717, 1.165) is 6.07 Å². The number of anilines is 2. The van der Waals surface area contributed by atoms with Crippen LogP contribution in [0.1, 0.15) is 5.56 Å². The summed E-state index contributed by atoms with van der Waals surface area (Å²) in [6.07, 6.45) is 1.20. The van der Waals surface area contributed by atoms with E-state index in [4.69, 9.17) is 17.0 Å². The minimum absolute atomic E-state index is 0.000746. The van der Waals surface area contributed by atoms with E-state index in [0.29, 0.717) is 24.7 Å². The van der Waals surface area contributed by atoms with Crippen molar-refractivity contribution >= 4 is 40.8 Å². The summed E-state index contributed by atoms with van der Waals surface area (Å²) in [6, 6.07) is 10.9. The fraction of sp³-hybridized carbons (Fsp3) is 0.240. The molecule has 0 spiro atoms. The van der Waals surface area contributed by atoms with E-state index in [-0.39, 0.29) is 40.7 Å². The van der Waals surface area contributed by atoms with E-state index < -0.39 is 17.5 Å². The molecule has 2 heterocycles. The number of nitrogens with one attached hydrogen (secondary N) is 3. The lowest BCUT2D eigenvalue weighted by Crippen LogP contribution is -2.60. The third-order valence-electron chi connectivity index (χ3n) is 5.69. The number of halogens is 2. The van der Waals surface area contributed by atoms with Gasteiger partial charge in [0.15, 0.2) is 16.7 Å². The fourth-order valence-electron chi connectivity index (χ4n) is 3.49. The molecule has 13 heteroatoms. The second-order valence-corrected chi connectivity index (χ2v) is 9.16. The molecule has 3 amide bonds. The summed E-state index contributed by atoms with van der Waals surface area (Å²) in [6.45, 7) is 1.22. The van der Waals surface area contributed by atoms with Gasteiger partial charge in [-0.1, -0.05) is 12.1 Å². The lowest BCUT2D eigenvalue weighted by Gasteiger charge is -2.42. The first-order valence-electron chi connectivity index (χ1n) is 11.5. The molecule has 0 unspecified atom stereocenters. The summed E-state index contributed by atoms with van der Waals surface area (Å²) >= 11 is 5.12. The van der Waals surface area contributed by atoms with Crippen LogP contribution in [-0.2, 0) is 11.2 Å². The number of hydrogen-bond donors (Lipinski definition) is 3. The zero-order valence-corrected chi connectivity index (χ0v) is 21.4. The first kappa shape index (κ1) is 26.8. The zero-order valence-electron chi connectivity index (χ0n) is 20.6. The Morgan fingerprint density at radius 2 is 1.82 bits per heavy atom. The molecule has 0 atom stereocenters. The van der Waals surface area contributed by atoms with Gasteiger partial charge in [0.1, 0.15) is 18.0 Å². The maximum absolute atomic E-state index is 14.7. The molecule has 1 aliphatic heterocycles. The summed E-state index contributed by atoms with van der Waals surface area (Å²) in [5.41, 5.74) is 0.897. The molecule has 198 valence electrons. The van der Waals surface area contributed by atoms with Crippen LogP contribution in [0.5, 0.6) is 11.6 Å². The smallest absolute Gasteiger partial charge is 0.323 e. The third-order valence-corrected chi connectivity index (χ3v) is 5.90. The monoisotopic (exact) mass is 541 g/mol. The summed E-state index contributed by atoms with van der Waals surface area (Å²) < 4.78 is 33.2. The van der Waals surface area contributed by atoms with E-state index in [1.54, 1.807) is 4.90 Å². The molecule has 1 aromatic heterocycles. The van der Waals surface area contributed by atoms with Crippen molar-refractivity contribution in [1.82, 2.24) is 25.1 Å². The SMILES string of the molecule is CN(C)C1CN(C(=O)Nc2cc(Oc3ccc(NC(=S)NC(=O)Cc4ccc(F)cc4)cc3F)ncn2)C1. The molecule has 0 bridgehead atoms. The summed E-state index contributed by atoms with van der Waals surface area (Å²) in [5.74, 6) is -1.38. The first-order chi connectivity index (χ1) is 18.2. The predicted molar refractivity (Wildman–Crippen MR) is 141 cm³/mol. The molecule has 4 rings (SSSR count). The summed E-state index contributed by atoms with van der Waals surface area (Å²) in [5, 5.41) is 7.86. The van der Waals surface area contributed by atoms with Gasteiger partial charge >= 0.3 is 6.03 Å². The second kappa shape index (κ2) is 11.9. The van der Waals surface area contributed by atoms with Crippen LogP contribution >= 0.6 is 12.2 Å². The Bertz CT molecular complexity index is 1330.